The predicted molar refractivity (Wildman–Crippen MR) is 519 cm³/mol. The summed E-state index contributed by atoms with van der Waals surface area (Å²) in [6, 6.07) is 147. The van der Waals surface area contributed by atoms with Gasteiger partial charge in [0, 0.05) is 73.1 Å². The second-order valence-corrected chi connectivity index (χ2v) is 34.5. The minimum Gasteiger partial charge on any atom is -0.264 e. The molecule has 3 aliphatic carbocycles. The Morgan fingerprint density at radius 1 is 0.184 bits per heavy atom. The summed E-state index contributed by atoms with van der Waals surface area (Å²) in [4.78, 5) is 29.8. The molecule has 0 unspecified atom stereocenters. The van der Waals surface area contributed by atoms with E-state index in [1.54, 1.807) is 6.20 Å². The molecule has 0 aliphatic heterocycles. The predicted octanol–water partition coefficient (Wildman–Crippen LogP) is 30.7. The molecule has 4 aromatic heterocycles. The van der Waals surface area contributed by atoms with Gasteiger partial charge in [-0.15, -0.1) is 0 Å². The molecule has 0 atom stereocenters. The zero-order valence-electron chi connectivity index (χ0n) is 70.6. The second-order valence-electron chi connectivity index (χ2n) is 34.5. The van der Waals surface area contributed by atoms with Crippen LogP contribution < -0.4 is 0 Å². The van der Waals surface area contributed by atoms with Gasteiger partial charge in [0.15, 0.2) is 11.6 Å². The Hall–Kier alpha value is -15.5. The third-order valence-electron chi connectivity index (χ3n) is 25.8. The zero-order valence-corrected chi connectivity index (χ0v) is 70.6. The molecule has 0 amide bonds. The van der Waals surface area contributed by atoms with Crippen molar-refractivity contribution < 1.29 is 0 Å². The summed E-state index contributed by atoms with van der Waals surface area (Å²) >= 11 is 0. The molecule has 0 saturated heterocycles. The summed E-state index contributed by atoms with van der Waals surface area (Å²) in [6.07, 6.45) is 3.69. The van der Waals surface area contributed by atoms with Crippen molar-refractivity contribution in [2.45, 2.75) is 57.8 Å². The topological polar surface area (TPSA) is 77.3 Å². The molecule has 23 rings (SSSR count). The first-order valence-corrected chi connectivity index (χ1v) is 43.1. The van der Waals surface area contributed by atoms with Crippen LogP contribution in [0, 0.1) is 0 Å². The van der Waals surface area contributed by atoms with Crippen molar-refractivity contribution in [2.24, 2.45) is 0 Å². The van der Waals surface area contributed by atoms with Crippen LogP contribution in [0.2, 0.25) is 0 Å². The van der Waals surface area contributed by atoms with Crippen molar-refractivity contribution in [1.29, 1.82) is 0 Å². The maximum Gasteiger partial charge on any atom is 0.160 e. The van der Waals surface area contributed by atoms with Gasteiger partial charge >= 0.3 is 0 Å². The maximum absolute atomic E-state index is 5.13. The minimum atomic E-state index is -0.132. The number of hydrogen-bond acceptors (Lipinski definition) is 6. The third kappa shape index (κ3) is 14.4. The SMILES string of the molecule is CC1(C)c2cc(-c3cc(-c4ccc(-c5ccccc5)cc4)nc(-c4ccccc4)n3)ccc2-c2ccc3ccccc3c21.CC1(C)c2cc(-c3cc(-c4ccc(-c5cccnc5)cc4)nc(-c4ccccc4)n3)ccc2-c2c1ccc1ccccc21.CC1(C)c2ccccc2-c2cc(-c3cc(-c4ccccc4)nc(-c4ccc(-c5ccccc5)cc4)c3)ccc21. The molecule has 0 fully saturated rings. The Labute approximate surface area is 730 Å². The monoisotopic (exact) mass is 1600 g/mol. The third-order valence-corrected chi connectivity index (χ3v) is 25.8. The summed E-state index contributed by atoms with van der Waals surface area (Å²) in [5.74, 6) is 1.45. The zero-order chi connectivity index (χ0) is 84.3. The van der Waals surface area contributed by atoms with E-state index in [1.165, 1.54) is 122 Å². The Morgan fingerprint density at radius 2 is 0.536 bits per heavy atom. The first-order chi connectivity index (χ1) is 61.2. The molecule has 3 aliphatic rings. The molecular weight excluding hydrogens is 1510 g/mol. The molecule has 6 nitrogen and oxygen atoms in total. The number of aromatic nitrogens is 6. The van der Waals surface area contributed by atoms with Gasteiger partial charge < -0.3 is 0 Å². The molecule has 0 spiro atoms. The van der Waals surface area contributed by atoms with Crippen molar-refractivity contribution >= 4 is 21.5 Å². The number of fused-ring (bicyclic) bond motifs is 13. The van der Waals surface area contributed by atoms with Crippen LogP contribution in [0.3, 0.4) is 0 Å². The lowest BCUT2D eigenvalue weighted by atomic mass is 9.80. The smallest absolute Gasteiger partial charge is 0.160 e. The number of benzene rings is 16. The van der Waals surface area contributed by atoms with Crippen molar-refractivity contribution in [3.63, 3.8) is 0 Å². The van der Waals surface area contributed by atoms with Gasteiger partial charge in [0.2, 0.25) is 0 Å². The molecular formula is C119H88N6. The molecule has 6 heteroatoms. The fraction of sp³-hybridized carbons (Fsp3) is 0.0756. The normalized spacial score (nSPS) is 13.1. The van der Waals surface area contributed by atoms with E-state index in [0.29, 0.717) is 0 Å². The molecule has 0 N–H and O–H groups in total. The van der Waals surface area contributed by atoms with E-state index in [1.807, 2.05) is 54.7 Å². The van der Waals surface area contributed by atoms with Gasteiger partial charge in [0.1, 0.15) is 0 Å². The number of nitrogens with zero attached hydrogens (tertiary/aromatic N) is 6. The largest absolute Gasteiger partial charge is 0.264 e. The highest BCUT2D eigenvalue weighted by molar-refractivity contribution is 6.03. The molecule has 4 heterocycles. The molecule has 20 aromatic rings. The van der Waals surface area contributed by atoms with Gasteiger partial charge in [0.25, 0.3) is 0 Å². The van der Waals surface area contributed by atoms with Gasteiger partial charge in [0.05, 0.1) is 34.2 Å². The van der Waals surface area contributed by atoms with Crippen molar-refractivity contribution in [1.82, 2.24) is 29.9 Å². The van der Waals surface area contributed by atoms with Gasteiger partial charge in [-0.1, -0.05) is 406 Å². The lowest BCUT2D eigenvalue weighted by molar-refractivity contribution is 0.660. The number of pyridine rings is 2. The Balaban J connectivity index is 0.000000115. The van der Waals surface area contributed by atoms with Gasteiger partial charge in [-0.3, -0.25) is 4.98 Å². The first-order valence-electron chi connectivity index (χ1n) is 43.1. The summed E-state index contributed by atoms with van der Waals surface area (Å²) in [6.45, 7) is 14.0. The quantitative estimate of drug-likeness (QED) is 0.121. The van der Waals surface area contributed by atoms with E-state index < -0.39 is 0 Å². The average molecular weight is 1600 g/mol. The highest BCUT2D eigenvalue weighted by Gasteiger charge is 2.40. The van der Waals surface area contributed by atoms with Crippen molar-refractivity contribution in [3.8, 4) is 168 Å². The van der Waals surface area contributed by atoms with Crippen molar-refractivity contribution in [3.05, 3.63) is 458 Å². The van der Waals surface area contributed by atoms with Crippen LogP contribution in [0.5, 0.6) is 0 Å². The van der Waals surface area contributed by atoms with Gasteiger partial charge in [-0.25, -0.2) is 24.9 Å². The van der Waals surface area contributed by atoms with Crippen molar-refractivity contribution in [2.75, 3.05) is 0 Å². The summed E-state index contributed by atoms with van der Waals surface area (Å²) in [5.41, 5.74) is 39.6. The Kier molecular flexibility index (Phi) is 19.6. The minimum absolute atomic E-state index is 0.00353. The highest BCUT2D eigenvalue weighted by Crippen LogP contribution is 2.55. The molecule has 0 radical (unpaired) electrons. The van der Waals surface area contributed by atoms with Crippen LogP contribution in [0.4, 0.5) is 0 Å². The number of rotatable bonds is 12. The van der Waals surface area contributed by atoms with Crippen LogP contribution in [0.15, 0.2) is 425 Å². The second kappa shape index (κ2) is 31.8. The van der Waals surface area contributed by atoms with Crippen LogP contribution in [-0.2, 0) is 16.2 Å². The van der Waals surface area contributed by atoms with Crippen LogP contribution in [0.25, 0.3) is 190 Å². The summed E-state index contributed by atoms with van der Waals surface area (Å²) in [5, 5.41) is 5.20. The lowest BCUT2D eigenvalue weighted by Gasteiger charge is -2.23. The van der Waals surface area contributed by atoms with E-state index in [2.05, 4.69) is 411 Å². The fourth-order valence-corrected chi connectivity index (χ4v) is 19.1. The molecule has 16 aromatic carbocycles. The fourth-order valence-electron chi connectivity index (χ4n) is 19.1. The highest BCUT2D eigenvalue weighted by atomic mass is 14.9. The number of hydrogen-bond donors (Lipinski definition) is 0. The molecule has 125 heavy (non-hydrogen) atoms. The lowest BCUT2D eigenvalue weighted by Crippen LogP contribution is -2.15. The van der Waals surface area contributed by atoms with Gasteiger partial charge in [-0.05, 0) is 181 Å². The van der Waals surface area contributed by atoms with E-state index in [-0.39, 0.29) is 16.2 Å². The van der Waals surface area contributed by atoms with E-state index >= 15 is 0 Å². The standard InChI is InChI=1S/C41H30N2.C40H29N3.C38H29N/c1-41(2)36-25-32(22-23-34(36)35-24-21-29-13-9-10-16-33(29)39(35)41)38-26-37(42-40(43-38)31-14-7-4-8-15-31)30-19-17-28(18-20-30)27-11-5-3-6-12-27;1-40(2)34-21-19-27-9-6-7-13-32(27)38(34)33-20-18-30(23-35(33)40)37-24-36(42-39(43-37)29-10-4-3-5-11-29)28-16-14-26(15-17-28)31-12-8-22-41-25-31;1-38(2)34-16-10-9-15-32(34)33-23-30(21-22-35(33)38)31-24-36(28-13-7-4-8-14-28)39-37(25-31)29-19-17-27(18-20-29)26-11-5-3-6-12-26/h3-26H,1-2H3;3-25H,1-2H3;3-25H,1-2H3. The summed E-state index contributed by atoms with van der Waals surface area (Å²) < 4.78 is 0. The first kappa shape index (κ1) is 76.9. The van der Waals surface area contributed by atoms with Gasteiger partial charge in [-0.2, -0.15) is 0 Å². The molecule has 0 saturated carbocycles. The van der Waals surface area contributed by atoms with Crippen LogP contribution in [-0.4, -0.2) is 29.9 Å². The van der Waals surface area contributed by atoms with Crippen LogP contribution in [0.1, 0.15) is 74.9 Å². The van der Waals surface area contributed by atoms with E-state index in [9.17, 15) is 0 Å². The average Bonchev–Trinajstić information content (AvgIpc) is 1.60. The Bertz CT molecular complexity index is 7480. The maximum atomic E-state index is 5.13. The molecule has 594 valence electrons. The Morgan fingerprint density at radius 3 is 1.07 bits per heavy atom. The molecule has 0 bridgehead atoms. The van der Waals surface area contributed by atoms with E-state index in [4.69, 9.17) is 24.9 Å². The van der Waals surface area contributed by atoms with Crippen LogP contribution >= 0.6 is 0 Å². The summed E-state index contributed by atoms with van der Waals surface area (Å²) in [7, 11) is 0. The van der Waals surface area contributed by atoms with E-state index in [0.717, 1.165) is 101 Å².